The average Bonchev–Trinajstić information content (AvgIpc) is 2.40. The van der Waals surface area contributed by atoms with Crippen LogP contribution in [0.2, 0.25) is 5.02 Å². The second kappa shape index (κ2) is 5.59. The van der Waals surface area contributed by atoms with E-state index in [-0.39, 0.29) is 23.3 Å². The molecule has 2 aromatic rings. The minimum Gasteiger partial charge on any atom is -0.761 e. The van der Waals surface area contributed by atoms with Crippen molar-refractivity contribution >= 4 is 34.7 Å². The maximum Gasteiger partial charge on any atom is 0.243 e. The second-order valence-corrected chi connectivity index (χ2v) is 3.99. The third-order valence-corrected chi connectivity index (χ3v) is 2.55. The number of hydrogen-bond donors (Lipinski definition) is 3. The fourth-order valence-electron chi connectivity index (χ4n) is 1.46. The van der Waals surface area contributed by atoms with Gasteiger partial charge < -0.3 is 26.5 Å². The number of nitrogens with two attached hydrogens (primary N) is 1. The monoisotopic (exact) mass is 280 g/mol. The zero-order chi connectivity index (χ0) is 13.8. The minimum absolute atomic E-state index is 0.00712. The van der Waals surface area contributed by atoms with Gasteiger partial charge in [0, 0.05) is 10.7 Å². The maximum absolute atomic E-state index is 11.0. The van der Waals surface area contributed by atoms with Crippen LogP contribution in [-0.4, -0.2) is 17.1 Å². The van der Waals surface area contributed by atoms with Gasteiger partial charge >= 0.3 is 0 Å². The molecule has 0 aliphatic carbocycles. The van der Waals surface area contributed by atoms with Crippen LogP contribution in [0.25, 0.3) is 0 Å². The topological polar surface area (TPSA) is 108 Å². The van der Waals surface area contributed by atoms with Gasteiger partial charge in [-0.05, 0) is 24.3 Å². The van der Waals surface area contributed by atoms with Gasteiger partial charge in [-0.1, -0.05) is 11.6 Å². The van der Waals surface area contributed by atoms with Gasteiger partial charge in [-0.15, -0.1) is 0 Å². The summed E-state index contributed by atoms with van der Waals surface area (Å²) in [5, 5.41) is 14.5. The molecule has 0 saturated carbocycles. The van der Waals surface area contributed by atoms with E-state index < -0.39 is 0 Å². The third-order valence-electron chi connectivity index (χ3n) is 2.30. The highest BCUT2D eigenvalue weighted by Crippen LogP contribution is 2.31. The van der Waals surface area contributed by atoms with Gasteiger partial charge in [0.1, 0.15) is 5.69 Å². The van der Waals surface area contributed by atoms with Crippen molar-refractivity contribution in [3.05, 3.63) is 34.5 Å². The van der Waals surface area contributed by atoms with Crippen LogP contribution < -0.4 is 21.3 Å². The highest BCUT2D eigenvalue weighted by molar-refractivity contribution is 6.30. The van der Waals surface area contributed by atoms with Crippen molar-refractivity contribution in [2.75, 3.05) is 23.6 Å². The molecular weight excluding hydrogens is 270 g/mol. The molecule has 0 spiro atoms. The molecule has 0 fully saturated rings. The molecular formula is C11H11ClN5O2-. The van der Waals surface area contributed by atoms with Crippen molar-refractivity contribution in [1.82, 2.24) is 9.97 Å². The zero-order valence-corrected chi connectivity index (χ0v) is 10.7. The normalized spacial score (nSPS) is 10.1. The van der Waals surface area contributed by atoms with Crippen molar-refractivity contribution in [2.45, 2.75) is 0 Å². The number of anilines is 4. The Hall–Kier alpha value is -2.25. The van der Waals surface area contributed by atoms with Crippen molar-refractivity contribution in [3.63, 3.8) is 0 Å². The third kappa shape index (κ3) is 2.95. The molecule has 0 amide bonds. The largest absolute Gasteiger partial charge is 0.761 e. The van der Waals surface area contributed by atoms with Crippen molar-refractivity contribution in [1.29, 1.82) is 0 Å². The zero-order valence-electron chi connectivity index (χ0n) is 9.98. The predicted molar refractivity (Wildman–Crippen MR) is 74.7 cm³/mol. The average molecular weight is 281 g/mol. The first-order valence-corrected chi connectivity index (χ1v) is 5.64. The molecule has 1 heterocycles. The van der Waals surface area contributed by atoms with E-state index in [4.69, 9.17) is 22.1 Å². The quantitative estimate of drug-likeness (QED) is 0.738. The number of halogens is 1. The molecule has 100 valence electrons. The lowest BCUT2D eigenvalue weighted by Gasteiger charge is -2.18. The van der Waals surface area contributed by atoms with Gasteiger partial charge in [0.25, 0.3) is 0 Å². The molecule has 2 rings (SSSR count). The van der Waals surface area contributed by atoms with Crippen LogP contribution in [0, 0.1) is 5.21 Å². The van der Waals surface area contributed by atoms with E-state index in [0.717, 1.165) is 0 Å². The smallest absolute Gasteiger partial charge is 0.243 e. The van der Waals surface area contributed by atoms with Crippen LogP contribution in [0.1, 0.15) is 0 Å². The number of aromatic nitrogens is 2. The van der Waals surface area contributed by atoms with Crippen molar-refractivity contribution in [3.8, 4) is 5.88 Å². The Labute approximate surface area is 114 Å². The first-order chi connectivity index (χ1) is 9.13. The highest BCUT2D eigenvalue weighted by Gasteiger charge is 2.11. The predicted octanol–water partition coefficient (Wildman–Crippen LogP) is 2.37. The lowest BCUT2D eigenvalue weighted by atomic mass is 10.3. The number of methoxy groups -OCH3 is 1. The van der Waals surface area contributed by atoms with E-state index in [1.807, 2.05) is 0 Å². The van der Waals surface area contributed by atoms with Gasteiger partial charge in [0.2, 0.25) is 11.8 Å². The summed E-state index contributed by atoms with van der Waals surface area (Å²) in [4.78, 5) is 7.75. The molecule has 0 aliphatic rings. The van der Waals surface area contributed by atoms with E-state index in [1.165, 1.54) is 7.11 Å². The molecule has 19 heavy (non-hydrogen) atoms. The molecule has 0 aliphatic heterocycles. The lowest BCUT2D eigenvalue weighted by Crippen LogP contribution is -2.06. The Morgan fingerprint density at radius 1 is 1.26 bits per heavy atom. The number of nitrogens with zero attached hydrogens (tertiary/aromatic N) is 2. The van der Waals surface area contributed by atoms with Gasteiger partial charge in [-0.3, -0.25) is 0 Å². The van der Waals surface area contributed by atoms with Crippen LogP contribution in [0.15, 0.2) is 24.3 Å². The van der Waals surface area contributed by atoms with Gasteiger partial charge in [0.15, 0.2) is 5.82 Å². The highest BCUT2D eigenvalue weighted by atomic mass is 35.5. The van der Waals surface area contributed by atoms with Crippen molar-refractivity contribution in [2.24, 2.45) is 0 Å². The van der Waals surface area contributed by atoms with Gasteiger partial charge in [-0.2, -0.15) is 9.97 Å². The SMILES string of the molecule is COc1nc(N)nc(Nc2ccc(Cl)cc2)c1N[O-]. The van der Waals surface area contributed by atoms with Crippen LogP contribution in [0.4, 0.5) is 23.1 Å². The lowest BCUT2D eigenvalue weighted by molar-refractivity contribution is 0.400. The number of nitrogen functional groups attached to an aromatic ring is 1. The van der Waals surface area contributed by atoms with E-state index in [0.29, 0.717) is 10.7 Å². The minimum atomic E-state index is -0.00712. The molecule has 8 heteroatoms. The number of nitrogens with one attached hydrogen (secondary N) is 2. The molecule has 7 nitrogen and oxygen atoms in total. The molecule has 0 atom stereocenters. The Bertz CT molecular complexity index is 576. The van der Waals surface area contributed by atoms with Crippen LogP contribution in [-0.2, 0) is 0 Å². The molecule has 1 aromatic carbocycles. The molecule has 0 radical (unpaired) electrons. The summed E-state index contributed by atoms with van der Waals surface area (Å²) in [6.07, 6.45) is 0. The van der Waals surface area contributed by atoms with Crippen LogP contribution >= 0.6 is 11.6 Å². The molecule has 4 N–H and O–H groups in total. The maximum atomic E-state index is 11.0. The van der Waals surface area contributed by atoms with Crippen LogP contribution in [0.3, 0.4) is 0 Å². The fourth-order valence-corrected chi connectivity index (χ4v) is 1.58. The van der Waals surface area contributed by atoms with Crippen molar-refractivity contribution < 1.29 is 4.74 Å². The Morgan fingerprint density at radius 3 is 2.53 bits per heavy atom. The second-order valence-electron chi connectivity index (χ2n) is 3.55. The summed E-state index contributed by atoms with van der Waals surface area (Å²) in [7, 11) is 1.38. The Balaban J connectivity index is 2.38. The summed E-state index contributed by atoms with van der Waals surface area (Å²) in [6.45, 7) is 0. The molecule has 1 aromatic heterocycles. The number of ether oxygens (including phenoxy) is 1. The molecule has 0 bridgehead atoms. The number of rotatable bonds is 4. The van der Waals surface area contributed by atoms with Gasteiger partial charge in [0.05, 0.1) is 7.11 Å². The first kappa shape index (κ1) is 13.2. The first-order valence-electron chi connectivity index (χ1n) is 5.26. The number of hydrogen-bond acceptors (Lipinski definition) is 7. The summed E-state index contributed by atoms with van der Waals surface area (Å²) < 4.78 is 4.96. The van der Waals surface area contributed by atoms with E-state index in [9.17, 15) is 5.21 Å². The van der Waals surface area contributed by atoms with Gasteiger partial charge in [-0.25, -0.2) is 0 Å². The Kier molecular flexibility index (Phi) is 3.88. The summed E-state index contributed by atoms with van der Waals surface area (Å²) >= 11 is 5.79. The van der Waals surface area contributed by atoms with E-state index in [1.54, 1.807) is 29.7 Å². The number of benzene rings is 1. The standard InChI is InChI=1S/C11H11ClN5O2/c1-19-10-8(17-18)9(15-11(13)16-10)14-7-4-2-6(12)3-5-7/h2-5,17H,1H3,(H3,13,14,15,16)/q-1. The summed E-state index contributed by atoms with van der Waals surface area (Å²) in [5.41, 5.74) is 8.04. The Morgan fingerprint density at radius 2 is 1.95 bits per heavy atom. The summed E-state index contributed by atoms with van der Waals surface area (Å²) in [6, 6.07) is 6.88. The van der Waals surface area contributed by atoms with Crippen LogP contribution in [0.5, 0.6) is 5.88 Å². The molecule has 0 unspecified atom stereocenters. The molecule has 0 saturated heterocycles. The summed E-state index contributed by atoms with van der Waals surface area (Å²) in [5.74, 6) is 0.285. The van der Waals surface area contributed by atoms with E-state index >= 15 is 0 Å². The van der Waals surface area contributed by atoms with E-state index in [2.05, 4.69) is 15.3 Å². The fraction of sp³-hybridized carbons (Fsp3) is 0.0909.